The van der Waals surface area contributed by atoms with E-state index in [1.165, 1.54) is 0 Å². The predicted molar refractivity (Wildman–Crippen MR) is 77.7 cm³/mol. The SMILES string of the molecule is CC(CO)(CO)NCC(O)COCc1ccc(Cl)cc1. The van der Waals surface area contributed by atoms with Gasteiger partial charge in [0.2, 0.25) is 0 Å². The Morgan fingerprint density at radius 1 is 1.25 bits per heavy atom. The first-order chi connectivity index (χ1) is 9.49. The van der Waals surface area contributed by atoms with Gasteiger partial charge < -0.3 is 25.4 Å². The van der Waals surface area contributed by atoms with Gasteiger partial charge in [0.25, 0.3) is 0 Å². The number of halogens is 1. The first kappa shape index (κ1) is 17.4. The largest absolute Gasteiger partial charge is 0.394 e. The Kier molecular flexibility index (Phi) is 7.43. The third-order valence-corrected chi connectivity index (χ3v) is 3.21. The van der Waals surface area contributed by atoms with E-state index in [0.717, 1.165) is 5.56 Å². The van der Waals surface area contributed by atoms with E-state index in [4.69, 9.17) is 26.6 Å². The highest BCUT2D eigenvalue weighted by molar-refractivity contribution is 6.30. The van der Waals surface area contributed by atoms with Crippen molar-refractivity contribution in [3.05, 3.63) is 34.9 Å². The van der Waals surface area contributed by atoms with Gasteiger partial charge in [-0.05, 0) is 24.6 Å². The summed E-state index contributed by atoms with van der Waals surface area (Å²) in [6.45, 7) is 2.06. The third kappa shape index (κ3) is 6.17. The lowest BCUT2D eigenvalue weighted by Gasteiger charge is -2.27. The highest BCUT2D eigenvalue weighted by atomic mass is 35.5. The van der Waals surface area contributed by atoms with E-state index in [1.54, 1.807) is 19.1 Å². The number of β-amino-alcohol motifs (C(OH)–C–C–N with tert-alkyl or cyclic N) is 1. The van der Waals surface area contributed by atoms with E-state index in [0.29, 0.717) is 11.6 Å². The topological polar surface area (TPSA) is 82.0 Å². The Morgan fingerprint density at radius 2 is 1.85 bits per heavy atom. The Labute approximate surface area is 124 Å². The van der Waals surface area contributed by atoms with Gasteiger partial charge in [-0.25, -0.2) is 0 Å². The highest BCUT2D eigenvalue weighted by Crippen LogP contribution is 2.10. The van der Waals surface area contributed by atoms with Crippen LogP contribution in [0, 0.1) is 0 Å². The summed E-state index contributed by atoms with van der Waals surface area (Å²) < 4.78 is 5.40. The second-order valence-corrected chi connectivity index (χ2v) is 5.49. The maximum Gasteiger partial charge on any atom is 0.0898 e. The van der Waals surface area contributed by atoms with E-state index in [9.17, 15) is 5.11 Å². The standard InChI is InChI=1S/C14H22ClNO4/c1-14(9-17,10-18)16-6-13(19)8-20-7-11-2-4-12(15)5-3-11/h2-5,13,16-19H,6-10H2,1H3. The number of hydrogen-bond donors (Lipinski definition) is 4. The number of ether oxygens (including phenoxy) is 1. The summed E-state index contributed by atoms with van der Waals surface area (Å²) in [5.74, 6) is 0. The Morgan fingerprint density at radius 3 is 2.40 bits per heavy atom. The fraction of sp³-hybridized carbons (Fsp3) is 0.571. The highest BCUT2D eigenvalue weighted by Gasteiger charge is 2.22. The van der Waals surface area contributed by atoms with E-state index < -0.39 is 11.6 Å². The molecular formula is C14H22ClNO4. The molecule has 20 heavy (non-hydrogen) atoms. The van der Waals surface area contributed by atoms with Crippen LogP contribution in [0.1, 0.15) is 12.5 Å². The molecule has 0 aromatic heterocycles. The summed E-state index contributed by atoms with van der Waals surface area (Å²) in [4.78, 5) is 0. The van der Waals surface area contributed by atoms with Crippen molar-refractivity contribution in [1.82, 2.24) is 5.32 Å². The second kappa shape index (κ2) is 8.56. The molecule has 1 rings (SSSR count). The zero-order valence-corrected chi connectivity index (χ0v) is 12.3. The first-order valence-corrected chi connectivity index (χ1v) is 6.84. The number of rotatable bonds is 9. The van der Waals surface area contributed by atoms with Gasteiger partial charge >= 0.3 is 0 Å². The molecular weight excluding hydrogens is 282 g/mol. The van der Waals surface area contributed by atoms with Gasteiger partial charge in [-0.2, -0.15) is 0 Å². The lowest BCUT2D eigenvalue weighted by Crippen LogP contribution is -2.51. The van der Waals surface area contributed by atoms with Crippen LogP contribution in [-0.2, 0) is 11.3 Å². The maximum atomic E-state index is 9.75. The Bertz CT molecular complexity index is 381. The Hall–Kier alpha value is -0.690. The summed E-state index contributed by atoms with van der Waals surface area (Å²) in [5, 5.41) is 31.5. The molecule has 1 aromatic rings. The zero-order valence-electron chi connectivity index (χ0n) is 11.6. The number of aliphatic hydroxyl groups is 3. The average molecular weight is 304 g/mol. The van der Waals surface area contributed by atoms with Crippen LogP contribution >= 0.6 is 11.6 Å². The number of aliphatic hydroxyl groups excluding tert-OH is 3. The van der Waals surface area contributed by atoms with Gasteiger partial charge in [0.1, 0.15) is 0 Å². The summed E-state index contributed by atoms with van der Waals surface area (Å²) in [6, 6.07) is 7.29. The van der Waals surface area contributed by atoms with Crippen molar-refractivity contribution >= 4 is 11.6 Å². The first-order valence-electron chi connectivity index (χ1n) is 6.46. The monoisotopic (exact) mass is 303 g/mol. The van der Waals surface area contributed by atoms with Crippen LogP contribution in [0.5, 0.6) is 0 Å². The molecule has 0 saturated carbocycles. The molecule has 1 atom stereocenters. The van der Waals surface area contributed by atoms with Crippen molar-refractivity contribution in [1.29, 1.82) is 0 Å². The van der Waals surface area contributed by atoms with E-state index in [1.807, 2.05) is 12.1 Å². The fourth-order valence-corrected chi connectivity index (χ4v) is 1.60. The van der Waals surface area contributed by atoms with Crippen LogP contribution in [0.25, 0.3) is 0 Å². The van der Waals surface area contributed by atoms with Crippen molar-refractivity contribution < 1.29 is 20.1 Å². The summed E-state index contributed by atoms with van der Waals surface area (Å²) >= 11 is 5.78. The lowest BCUT2D eigenvalue weighted by molar-refractivity contribution is 0.0182. The van der Waals surface area contributed by atoms with E-state index in [-0.39, 0.29) is 26.4 Å². The summed E-state index contributed by atoms with van der Waals surface area (Å²) in [7, 11) is 0. The summed E-state index contributed by atoms with van der Waals surface area (Å²) in [5.41, 5.74) is 0.182. The van der Waals surface area contributed by atoms with Crippen molar-refractivity contribution in [3.63, 3.8) is 0 Å². The smallest absolute Gasteiger partial charge is 0.0898 e. The van der Waals surface area contributed by atoms with Crippen LogP contribution in [0.3, 0.4) is 0 Å². The number of hydrogen-bond acceptors (Lipinski definition) is 5. The predicted octanol–water partition coefficient (Wildman–Crippen LogP) is 0.550. The zero-order chi connectivity index (χ0) is 15.0. The molecule has 0 aliphatic heterocycles. The van der Waals surface area contributed by atoms with Gasteiger partial charge in [-0.15, -0.1) is 0 Å². The molecule has 0 aliphatic rings. The Balaban J connectivity index is 2.23. The minimum absolute atomic E-state index is 0.169. The molecule has 6 heteroatoms. The quantitative estimate of drug-likeness (QED) is 0.536. The molecule has 0 spiro atoms. The molecule has 0 heterocycles. The third-order valence-electron chi connectivity index (χ3n) is 2.95. The molecule has 5 nitrogen and oxygen atoms in total. The molecule has 4 N–H and O–H groups in total. The van der Waals surface area contributed by atoms with Crippen LogP contribution in [-0.4, -0.2) is 53.3 Å². The molecule has 0 radical (unpaired) electrons. The van der Waals surface area contributed by atoms with E-state index >= 15 is 0 Å². The molecule has 114 valence electrons. The molecule has 0 fully saturated rings. The van der Waals surface area contributed by atoms with Gasteiger partial charge in [0.05, 0.1) is 38.1 Å². The molecule has 0 aliphatic carbocycles. The van der Waals surface area contributed by atoms with Crippen molar-refractivity contribution in [2.75, 3.05) is 26.4 Å². The second-order valence-electron chi connectivity index (χ2n) is 5.05. The van der Waals surface area contributed by atoms with Gasteiger partial charge in [0, 0.05) is 11.6 Å². The normalized spacial score (nSPS) is 13.4. The van der Waals surface area contributed by atoms with Crippen molar-refractivity contribution in [3.8, 4) is 0 Å². The van der Waals surface area contributed by atoms with Crippen molar-refractivity contribution in [2.24, 2.45) is 0 Å². The van der Waals surface area contributed by atoms with E-state index in [2.05, 4.69) is 5.32 Å². The van der Waals surface area contributed by atoms with Crippen LogP contribution < -0.4 is 5.32 Å². The minimum Gasteiger partial charge on any atom is -0.394 e. The van der Waals surface area contributed by atoms with Gasteiger partial charge in [-0.1, -0.05) is 23.7 Å². The van der Waals surface area contributed by atoms with Gasteiger partial charge in [-0.3, -0.25) is 0 Å². The van der Waals surface area contributed by atoms with Crippen molar-refractivity contribution in [2.45, 2.75) is 25.2 Å². The lowest BCUT2D eigenvalue weighted by atomic mass is 10.1. The van der Waals surface area contributed by atoms with Crippen LogP contribution in [0.4, 0.5) is 0 Å². The molecule has 0 amide bonds. The van der Waals surface area contributed by atoms with Gasteiger partial charge in [0.15, 0.2) is 0 Å². The number of benzene rings is 1. The fourth-order valence-electron chi connectivity index (χ4n) is 1.48. The van der Waals surface area contributed by atoms with Crippen LogP contribution in [0.15, 0.2) is 24.3 Å². The molecule has 0 saturated heterocycles. The molecule has 1 aromatic carbocycles. The minimum atomic E-state index is -0.794. The summed E-state index contributed by atoms with van der Waals surface area (Å²) in [6.07, 6.45) is -0.709. The van der Waals surface area contributed by atoms with Crippen LogP contribution in [0.2, 0.25) is 5.02 Å². The molecule has 1 unspecified atom stereocenters. The average Bonchev–Trinajstić information content (AvgIpc) is 2.47. The molecule has 0 bridgehead atoms. The maximum absolute atomic E-state index is 9.75. The number of nitrogens with one attached hydrogen (secondary N) is 1.